The van der Waals surface area contributed by atoms with Crippen LogP contribution >= 0.6 is 12.4 Å². The molecule has 0 unspecified atom stereocenters. The molecule has 0 bridgehead atoms. The first-order valence-electron chi connectivity index (χ1n) is 9.66. The van der Waals surface area contributed by atoms with Gasteiger partial charge < -0.3 is 10.1 Å². The third-order valence-corrected chi connectivity index (χ3v) is 4.35. The summed E-state index contributed by atoms with van der Waals surface area (Å²) in [5.41, 5.74) is 4.36. The lowest BCUT2D eigenvalue weighted by molar-refractivity contribution is 0.196. The second-order valence-electron chi connectivity index (χ2n) is 9.33. The van der Waals surface area contributed by atoms with E-state index in [1.807, 2.05) is 6.07 Å². The maximum atomic E-state index is 6.03. The first-order valence-corrected chi connectivity index (χ1v) is 9.66. The topological polar surface area (TPSA) is 21.3 Å². The highest BCUT2D eigenvalue weighted by Gasteiger charge is 2.13. The second-order valence-corrected chi connectivity index (χ2v) is 9.33. The second kappa shape index (κ2) is 10.1. The van der Waals surface area contributed by atoms with Crippen LogP contribution in [0.25, 0.3) is 0 Å². The van der Waals surface area contributed by atoms with Crippen molar-refractivity contribution in [2.45, 2.75) is 59.9 Å². The van der Waals surface area contributed by atoms with E-state index in [0.717, 1.165) is 31.9 Å². The van der Waals surface area contributed by atoms with Crippen LogP contribution in [0.4, 0.5) is 0 Å². The van der Waals surface area contributed by atoms with Crippen LogP contribution in [-0.2, 0) is 18.4 Å². The highest BCUT2D eigenvalue weighted by atomic mass is 35.5. The average Bonchev–Trinajstić information content (AvgIpc) is 2.56. The van der Waals surface area contributed by atoms with Crippen molar-refractivity contribution >= 4 is 12.4 Å². The first kappa shape index (κ1) is 23.5. The number of hydrogen-bond acceptors (Lipinski definition) is 2. The lowest BCUT2D eigenvalue weighted by Crippen LogP contribution is -2.19. The smallest absolute Gasteiger partial charge is 0.122 e. The maximum absolute atomic E-state index is 6.03. The summed E-state index contributed by atoms with van der Waals surface area (Å²) in [5, 5.41) is 3.55. The van der Waals surface area contributed by atoms with Crippen molar-refractivity contribution in [3.8, 4) is 5.75 Å². The van der Waals surface area contributed by atoms with Gasteiger partial charge in [-0.25, -0.2) is 0 Å². The Balaban J connectivity index is 0.00000364. The molecule has 2 aromatic carbocycles. The molecule has 0 aliphatic carbocycles. The molecule has 0 saturated carbocycles. The lowest BCUT2D eigenvalue weighted by Gasteiger charge is -2.20. The minimum absolute atomic E-state index is 0. The maximum Gasteiger partial charge on any atom is 0.122 e. The van der Waals surface area contributed by atoms with Crippen LogP contribution in [0.2, 0.25) is 0 Å². The molecular formula is C24H36ClNO. The van der Waals surface area contributed by atoms with E-state index in [1.54, 1.807) is 0 Å². The number of nitrogens with one attached hydrogen (secondary N) is 1. The number of ether oxygens (including phenoxy) is 1. The van der Waals surface area contributed by atoms with Crippen LogP contribution in [0.1, 0.15) is 58.2 Å². The zero-order valence-electron chi connectivity index (χ0n) is 17.8. The van der Waals surface area contributed by atoms with Gasteiger partial charge in [0.1, 0.15) is 5.75 Å². The monoisotopic (exact) mass is 389 g/mol. The van der Waals surface area contributed by atoms with Gasteiger partial charge in [0, 0.05) is 6.54 Å². The van der Waals surface area contributed by atoms with Gasteiger partial charge in [-0.05, 0) is 46.6 Å². The van der Waals surface area contributed by atoms with Crippen molar-refractivity contribution in [1.82, 2.24) is 5.32 Å². The first-order chi connectivity index (χ1) is 12.1. The number of halogens is 1. The normalized spacial score (nSPS) is 11.8. The van der Waals surface area contributed by atoms with Gasteiger partial charge in [0.05, 0.1) is 6.61 Å². The molecule has 0 saturated heterocycles. The van der Waals surface area contributed by atoms with E-state index in [0.29, 0.717) is 0 Å². The third-order valence-electron chi connectivity index (χ3n) is 4.35. The summed E-state index contributed by atoms with van der Waals surface area (Å²) in [6.07, 6.45) is 0.973. The molecule has 2 aromatic rings. The lowest BCUT2D eigenvalue weighted by atomic mass is 9.87. The van der Waals surface area contributed by atoms with Crippen molar-refractivity contribution in [2.24, 2.45) is 5.41 Å². The summed E-state index contributed by atoms with van der Waals surface area (Å²) in [6, 6.07) is 17.3. The molecule has 0 aliphatic rings. The molecule has 0 aliphatic heterocycles. The molecule has 0 aromatic heterocycles. The Labute approximate surface area is 172 Å². The van der Waals surface area contributed by atoms with Gasteiger partial charge in [-0.2, -0.15) is 0 Å². The Morgan fingerprint density at radius 2 is 1.48 bits per heavy atom. The number of benzene rings is 2. The van der Waals surface area contributed by atoms with Gasteiger partial charge >= 0.3 is 0 Å². The predicted octanol–water partition coefficient (Wildman–Crippen LogP) is 6.16. The SMILES string of the molecule is CC(C)(C)COc1ccccc1CCNCc1ccc(C(C)(C)C)cc1.Cl. The van der Waals surface area contributed by atoms with Gasteiger partial charge in [0.25, 0.3) is 0 Å². The zero-order valence-corrected chi connectivity index (χ0v) is 18.6. The van der Waals surface area contributed by atoms with E-state index < -0.39 is 0 Å². The van der Waals surface area contributed by atoms with E-state index in [9.17, 15) is 0 Å². The van der Waals surface area contributed by atoms with Gasteiger partial charge in [-0.15, -0.1) is 12.4 Å². The van der Waals surface area contributed by atoms with E-state index >= 15 is 0 Å². The van der Waals surface area contributed by atoms with Crippen molar-refractivity contribution in [1.29, 1.82) is 0 Å². The van der Waals surface area contributed by atoms with Crippen molar-refractivity contribution in [3.05, 3.63) is 65.2 Å². The van der Waals surface area contributed by atoms with Crippen molar-refractivity contribution in [2.75, 3.05) is 13.2 Å². The minimum Gasteiger partial charge on any atom is -0.493 e. The van der Waals surface area contributed by atoms with E-state index in [4.69, 9.17) is 4.74 Å². The standard InChI is InChI=1S/C24H35NO.ClH/c1-23(2,3)18-26-22-10-8-7-9-20(22)15-16-25-17-19-11-13-21(14-12-19)24(4,5)6;/h7-14,25H,15-18H2,1-6H3;1H. The molecule has 27 heavy (non-hydrogen) atoms. The van der Waals surface area contributed by atoms with E-state index in [2.05, 4.69) is 89.3 Å². The number of rotatable bonds is 7. The third kappa shape index (κ3) is 8.36. The quantitative estimate of drug-likeness (QED) is 0.572. The molecule has 0 radical (unpaired) electrons. The highest BCUT2D eigenvalue weighted by Crippen LogP contribution is 2.23. The minimum atomic E-state index is 0. The zero-order chi connectivity index (χ0) is 19.2. The van der Waals surface area contributed by atoms with E-state index in [-0.39, 0.29) is 23.2 Å². The van der Waals surface area contributed by atoms with E-state index in [1.165, 1.54) is 16.7 Å². The molecular weight excluding hydrogens is 354 g/mol. The fraction of sp³-hybridized carbons (Fsp3) is 0.500. The molecule has 0 amide bonds. The summed E-state index contributed by atoms with van der Waals surface area (Å²) in [6.45, 7) is 15.9. The van der Waals surface area contributed by atoms with Crippen molar-refractivity contribution < 1.29 is 4.74 Å². The highest BCUT2D eigenvalue weighted by molar-refractivity contribution is 5.85. The Bertz CT molecular complexity index is 681. The molecule has 2 nitrogen and oxygen atoms in total. The molecule has 0 heterocycles. The summed E-state index contributed by atoms with van der Waals surface area (Å²) in [4.78, 5) is 0. The molecule has 0 spiro atoms. The fourth-order valence-corrected chi connectivity index (χ4v) is 2.72. The van der Waals surface area contributed by atoms with Gasteiger partial charge in [0.2, 0.25) is 0 Å². The number of para-hydroxylation sites is 1. The van der Waals surface area contributed by atoms with Crippen LogP contribution in [0.15, 0.2) is 48.5 Å². The molecule has 2 rings (SSSR count). The molecule has 0 atom stereocenters. The Kier molecular flexibility index (Phi) is 8.84. The van der Waals surface area contributed by atoms with Gasteiger partial charge in [-0.1, -0.05) is 84.0 Å². The molecule has 150 valence electrons. The summed E-state index contributed by atoms with van der Waals surface area (Å²) < 4.78 is 6.03. The summed E-state index contributed by atoms with van der Waals surface area (Å²) >= 11 is 0. The molecule has 3 heteroatoms. The number of hydrogen-bond donors (Lipinski definition) is 1. The van der Waals surface area contributed by atoms with Crippen molar-refractivity contribution in [3.63, 3.8) is 0 Å². The molecule has 0 fully saturated rings. The van der Waals surface area contributed by atoms with Gasteiger partial charge in [-0.3, -0.25) is 0 Å². The largest absolute Gasteiger partial charge is 0.493 e. The summed E-state index contributed by atoms with van der Waals surface area (Å²) in [5.74, 6) is 1.01. The molecule has 1 N–H and O–H groups in total. The fourth-order valence-electron chi connectivity index (χ4n) is 2.72. The van der Waals surface area contributed by atoms with Gasteiger partial charge in [0.15, 0.2) is 0 Å². The van der Waals surface area contributed by atoms with Crippen LogP contribution in [0.3, 0.4) is 0 Å². The Morgan fingerprint density at radius 1 is 0.852 bits per heavy atom. The Morgan fingerprint density at radius 3 is 2.07 bits per heavy atom. The average molecular weight is 390 g/mol. The predicted molar refractivity (Wildman–Crippen MR) is 119 cm³/mol. The van der Waals surface area contributed by atoms with Crippen LogP contribution < -0.4 is 10.1 Å². The Hall–Kier alpha value is -1.51. The summed E-state index contributed by atoms with van der Waals surface area (Å²) in [7, 11) is 0. The van der Waals surface area contributed by atoms with Crippen LogP contribution in [-0.4, -0.2) is 13.2 Å². The van der Waals surface area contributed by atoms with Crippen LogP contribution in [0, 0.1) is 5.41 Å². The van der Waals surface area contributed by atoms with Crippen LogP contribution in [0.5, 0.6) is 5.75 Å².